The first-order valence-corrected chi connectivity index (χ1v) is 4.05. The van der Waals surface area contributed by atoms with Crippen LogP contribution in [0.3, 0.4) is 0 Å². The zero-order chi connectivity index (χ0) is 8.27. The van der Waals surface area contributed by atoms with Gasteiger partial charge in [-0.1, -0.05) is 0 Å². The molecule has 1 heterocycles. The third-order valence-corrected chi connectivity index (χ3v) is 1.91. The van der Waals surface area contributed by atoms with Crippen molar-refractivity contribution in [3.8, 4) is 0 Å². The number of rotatable bonds is 3. The molecule has 0 saturated carbocycles. The Morgan fingerprint density at radius 3 is 2.73 bits per heavy atom. The Hall–Kier alpha value is -0.490. The molecule has 0 aliphatic rings. The second-order valence-electron chi connectivity index (χ2n) is 2.11. The number of thiazole rings is 1. The molecule has 0 spiro atoms. The summed E-state index contributed by atoms with van der Waals surface area (Å²) in [6.07, 6.45) is -2.22. The third-order valence-electron chi connectivity index (χ3n) is 1.31. The Bertz CT molecular complexity index is 202. The van der Waals surface area contributed by atoms with Crippen molar-refractivity contribution in [3.63, 3.8) is 0 Å². The van der Waals surface area contributed by atoms with Gasteiger partial charge >= 0.3 is 0 Å². The molecule has 0 aromatic carbocycles. The third kappa shape index (κ3) is 1.97. The van der Waals surface area contributed by atoms with E-state index in [1.807, 2.05) is 0 Å². The molecule has 0 fully saturated rings. The van der Waals surface area contributed by atoms with E-state index in [2.05, 4.69) is 4.98 Å². The van der Waals surface area contributed by atoms with E-state index in [0.29, 0.717) is 5.69 Å². The summed E-state index contributed by atoms with van der Waals surface area (Å²) in [4.78, 5) is 3.78. The second-order valence-corrected chi connectivity index (χ2v) is 2.83. The Morgan fingerprint density at radius 1 is 1.55 bits per heavy atom. The first kappa shape index (κ1) is 8.61. The van der Waals surface area contributed by atoms with Gasteiger partial charge in [0.1, 0.15) is 12.2 Å². The molecule has 5 heteroatoms. The van der Waals surface area contributed by atoms with Gasteiger partial charge in [0.15, 0.2) is 0 Å². The van der Waals surface area contributed by atoms with Crippen LogP contribution in [-0.4, -0.2) is 33.0 Å². The van der Waals surface area contributed by atoms with Crippen LogP contribution in [0.15, 0.2) is 10.9 Å². The molecule has 1 rings (SSSR count). The standard InChI is InChI=1S/C6H9NO3S/c8-1-5(9)6(10)4-2-11-3-7-4/h2-3,5-6,8-10H,1H2. The highest BCUT2D eigenvalue weighted by molar-refractivity contribution is 7.07. The van der Waals surface area contributed by atoms with Gasteiger partial charge in [-0.2, -0.15) is 0 Å². The number of aromatic nitrogens is 1. The van der Waals surface area contributed by atoms with Gasteiger partial charge < -0.3 is 15.3 Å². The lowest BCUT2D eigenvalue weighted by Crippen LogP contribution is -2.22. The fourth-order valence-electron chi connectivity index (χ4n) is 0.665. The quantitative estimate of drug-likeness (QED) is 0.580. The summed E-state index contributed by atoms with van der Waals surface area (Å²) in [5.74, 6) is 0. The Labute approximate surface area is 67.8 Å². The maximum atomic E-state index is 9.21. The predicted molar refractivity (Wildman–Crippen MR) is 40.2 cm³/mol. The minimum Gasteiger partial charge on any atom is -0.394 e. The number of hydrogen-bond acceptors (Lipinski definition) is 5. The summed E-state index contributed by atoms with van der Waals surface area (Å²) < 4.78 is 0. The van der Waals surface area contributed by atoms with Crippen molar-refractivity contribution in [1.29, 1.82) is 0 Å². The molecule has 2 atom stereocenters. The van der Waals surface area contributed by atoms with Crippen LogP contribution in [0.2, 0.25) is 0 Å². The first-order valence-electron chi connectivity index (χ1n) is 3.10. The van der Waals surface area contributed by atoms with Gasteiger partial charge in [-0.25, -0.2) is 4.98 Å². The molecule has 1 aromatic heterocycles. The summed E-state index contributed by atoms with van der Waals surface area (Å²) in [5.41, 5.74) is 1.96. The van der Waals surface area contributed by atoms with E-state index in [9.17, 15) is 5.11 Å². The molecule has 3 N–H and O–H groups in total. The van der Waals surface area contributed by atoms with E-state index in [4.69, 9.17) is 10.2 Å². The fraction of sp³-hybridized carbons (Fsp3) is 0.500. The van der Waals surface area contributed by atoms with Crippen LogP contribution >= 0.6 is 11.3 Å². The summed E-state index contributed by atoms with van der Waals surface area (Å²) in [6.45, 7) is -0.460. The highest BCUT2D eigenvalue weighted by Crippen LogP contribution is 2.15. The lowest BCUT2D eigenvalue weighted by Gasteiger charge is -2.12. The van der Waals surface area contributed by atoms with Gasteiger partial charge in [0, 0.05) is 5.38 Å². The predicted octanol–water partition coefficient (Wildman–Crippen LogP) is -0.470. The van der Waals surface area contributed by atoms with E-state index in [-0.39, 0.29) is 0 Å². The van der Waals surface area contributed by atoms with Gasteiger partial charge in [0.2, 0.25) is 0 Å². The normalized spacial score (nSPS) is 16.3. The Kier molecular flexibility index (Phi) is 2.95. The smallest absolute Gasteiger partial charge is 0.125 e. The summed E-state index contributed by atoms with van der Waals surface area (Å²) >= 11 is 1.33. The molecule has 0 bridgehead atoms. The summed E-state index contributed by atoms with van der Waals surface area (Å²) in [6, 6.07) is 0. The molecule has 0 amide bonds. The van der Waals surface area contributed by atoms with Crippen LogP contribution in [-0.2, 0) is 0 Å². The van der Waals surface area contributed by atoms with Crippen molar-refractivity contribution in [3.05, 3.63) is 16.6 Å². The maximum absolute atomic E-state index is 9.21. The van der Waals surface area contributed by atoms with Crippen LogP contribution in [0.5, 0.6) is 0 Å². The van der Waals surface area contributed by atoms with Crippen LogP contribution < -0.4 is 0 Å². The summed E-state index contributed by atoms with van der Waals surface area (Å²) in [5, 5.41) is 28.3. The SMILES string of the molecule is OCC(O)C(O)c1cscn1. The van der Waals surface area contributed by atoms with E-state index in [0.717, 1.165) is 0 Å². The minimum absolute atomic E-state index is 0.400. The van der Waals surface area contributed by atoms with Crippen molar-refractivity contribution in [2.75, 3.05) is 6.61 Å². The molecular weight excluding hydrogens is 166 g/mol. The Morgan fingerprint density at radius 2 is 2.27 bits per heavy atom. The van der Waals surface area contributed by atoms with E-state index in [1.54, 1.807) is 10.9 Å². The molecule has 1 aromatic rings. The second kappa shape index (κ2) is 3.77. The largest absolute Gasteiger partial charge is 0.394 e. The van der Waals surface area contributed by atoms with Gasteiger partial charge in [0.05, 0.1) is 17.8 Å². The fourth-order valence-corrected chi connectivity index (χ4v) is 1.25. The zero-order valence-electron chi connectivity index (χ0n) is 5.71. The molecule has 11 heavy (non-hydrogen) atoms. The monoisotopic (exact) mass is 175 g/mol. The van der Waals surface area contributed by atoms with Crippen LogP contribution in [0.1, 0.15) is 11.8 Å². The molecule has 0 aliphatic heterocycles. The van der Waals surface area contributed by atoms with E-state index >= 15 is 0 Å². The highest BCUT2D eigenvalue weighted by Gasteiger charge is 2.18. The van der Waals surface area contributed by atoms with Crippen LogP contribution in [0.4, 0.5) is 0 Å². The topological polar surface area (TPSA) is 73.6 Å². The molecule has 2 unspecified atom stereocenters. The minimum atomic E-state index is -1.14. The number of aliphatic hydroxyl groups is 3. The van der Waals surface area contributed by atoms with E-state index < -0.39 is 18.8 Å². The zero-order valence-corrected chi connectivity index (χ0v) is 6.53. The molecule has 0 saturated heterocycles. The molecule has 0 radical (unpaired) electrons. The lowest BCUT2D eigenvalue weighted by atomic mass is 10.2. The van der Waals surface area contributed by atoms with Gasteiger partial charge in [-0.05, 0) is 0 Å². The molecule has 0 aliphatic carbocycles. The average Bonchev–Trinajstić information content (AvgIpc) is 2.53. The van der Waals surface area contributed by atoms with E-state index in [1.165, 1.54) is 11.3 Å². The van der Waals surface area contributed by atoms with Gasteiger partial charge in [0.25, 0.3) is 0 Å². The maximum Gasteiger partial charge on any atom is 0.125 e. The van der Waals surface area contributed by atoms with Crippen molar-refractivity contribution < 1.29 is 15.3 Å². The lowest BCUT2D eigenvalue weighted by molar-refractivity contribution is -0.0170. The van der Waals surface area contributed by atoms with Crippen LogP contribution in [0.25, 0.3) is 0 Å². The number of aliphatic hydroxyl groups excluding tert-OH is 3. The van der Waals surface area contributed by atoms with Crippen molar-refractivity contribution >= 4 is 11.3 Å². The molecular formula is C6H9NO3S. The van der Waals surface area contributed by atoms with Crippen molar-refractivity contribution in [2.24, 2.45) is 0 Å². The van der Waals surface area contributed by atoms with Crippen molar-refractivity contribution in [1.82, 2.24) is 4.98 Å². The number of nitrogens with zero attached hydrogens (tertiary/aromatic N) is 1. The Balaban J connectivity index is 2.62. The highest BCUT2D eigenvalue weighted by atomic mass is 32.1. The summed E-state index contributed by atoms with van der Waals surface area (Å²) in [7, 11) is 0. The van der Waals surface area contributed by atoms with Gasteiger partial charge in [-0.3, -0.25) is 0 Å². The van der Waals surface area contributed by atoms with Crippen LogP contribution in [0, 0.1) is 0 Å². The van der Waals surface area contributed by atoms with Gasteiger partial charge in [-0.15, -0.1) is 11.3 Å². The first-order chi connectivity index (χ1) is 5.25. The van der Waals surface area contributed by atoms with Crippen molar-refractivity contribution in [2.45, 2.75) is 12.2 Å². The molecule has 62 valence electrons. The molecule has 4 nitrogen and oxygen atoms in total. The average molecular weight is 175 g/mol. The number of hydrogen-bond donors (Lipinski definition) is 3.